The summed E-state index contributed by atoms with van der Waals surface area (Å²) < 4.78 is 8.04. The van der Waals surface area contributed by atoms with Crippen molar-refractivity contribution in [2.45, 2.75) is 33.1 Å². The van der Waals surface area contributed by atoms with Crippen LogP contribution in [0.1, 0.15) is 36.4 Å². The molecule has 4 aromatic rings. The minimum atomic E-state index is 0.129. The van der Waals surface area contributed by atoms with Crippen LogP contribution in [0.25, 0.3) is 11.3 Å². The number of carbonyl (C=O) groups is 1. The van der Waals surface area contributed by atoms with E-state index in [2.05, 4.69) is 51.6 Å². The summed E-state index contributed by atoms with van der Waals surface area (Å²) in [5.74, 6) is 1.41. The fourth-order valence-corrected chi connectivity index (χ4v) is 5.67. The van der Waals surface area contributed by atoms with E-state index in [0.717, 1.165) is 90.8 Å². The molecule has 2 aromatic heterocycles. The molecule has 40 heavy (non-hydrogen) atoms. The Bertz CT molecular complexity index is 1520. The third-order valence-electron chi connectivity index (χ3n) is 7.79. The van der Waals surface area contributed by atoms with Crippen LogP contribution >= 0.6 is 0 Å². The fraction of sp³-hybridized carbons (Fsp3) is 0.355. The van der Waals surface area contributed by atoms with Gasteiger partial charge in [-0.25, -0.2) is 9.97 Å². The molecule has 1 fully saturated rings. The highest BCUT2D eigenvalue weighted by Crippen LogP contribution is 2.37. The van der Waals surface area contributed by atoms with Gasteiger partial charge < -0.3 is 19.9 Å². The lowest BCUT2D eigenvalue weighted by Gasteiger charge is -2.35. The Balaban J connectivity index is 1.28. The highest BCUT2D eigenvalue weighted by molar-refractivity contribution is 5.75. The molecule has 9 nitrogen and oxygen atoms in total. The van der Waals surface area contributed by atoms with Gasteiger partial charge in [-0.3, -0.25) is 9.48 Å². The first kappa shape index (κ1) is 25.9. The number of aromatic nitrogens is 4. The van der Waals surface area contributed by atoms with Crippen LogP contribution in [0, 0.1) is 0 Å². The molecule has 9 heteroatoms. The van der Waals surface area contributed by atoms with Gasteiger partial charge in [-0.05, 0) is 43.0 Å². The van der Waals surface area contributed by atoms with Crippen molar-refractivity contribution in [1.82, 2.24) is 24.6 Å². The maximum Gasteiger partial charge on any atom is 0.227 e. The molecule has 0 radical (unpaired) electrons. The zero-order valence-corrected chi connectivity index (χ0v) is 23.4. The van der Waals surface area contributed by atoms with Crippen molar-refractivity contribution in [3.05, 3.63) is 77.2 Å². The van der Waals surface area contributed by atoms with Crippen molar-refractivity contribution in [3.63, 3.8) is 0 Å². The van der Waals surface area contributed by atoms with Crippen LogP contribution in [0.2, 0.25) is 0 Å². The van der Waals surface area contributed by atoms with Crippen LogP contribution in [0.5, 0.6) is 5.75 Å². The van der Waals surface area contributed by atoms with Gasteiger partial charge in [0.2, 0.25) is 11.9 Å². The van der Waals surface area contributed by atoms with E-state index in [1.807, 2.05) is 41.9 Å². The molecule has 1 aliphatic carbocycles. The van der Waals surface area contributed by atoms with E-state index in [1.165, 1.54) is 5.56 Å². The minimum Gasteiger partial charge on any atom is -0.492 e. The van der Waals surface area contributed by atoms with Crippen molar-refractivity contribution in [1.29, 1.82) is 0 Å². The fourth-order valence-electron chi connectivity index (χ4n) is 5.67. The maximum atomic E-state index is 11.7. The van der Waals surface area contributed by atoms with Crippen molar-refractivity contribution in [2.75, 3.05) is 43.0 Å². The van der Waals surface area contributed by atoms with Crippen LogP contribution in [0.15, 0.2) is 54.7 Å². The Morgan fingerprint density at radius 2 is 1.85 bits per heavy atom. The van der Waals surface area contributed by atoms with Crippen molar-refractivity contribution >= 4 is 23.2 Å². The molecule has 0 spiro atoms. The Morgan fingerprint density at radius 3 is 2.60 bits per heavy atom. The molecule has 0 bridgehead atoms. The van der Waals surface area contributed by atoms with E-state index < -0.39 is 0 Å². The van der Waals surface area contributed by atoms with Crippen LogP contribution in [0.4, 0.5) is 17.3 Å². The van der Waals surface area contributed by atoms with E-state index in [1.54, 1.807) is 6.92 Å². The predicted octanol–water partition coefficient (Wildman–Crippen LogP) is 4.38. The van der Waals surface area contributed by atoms with E-state index >= 15 is 0 Å². The molecular formula is C31H35N7O2. The number of piperazine rings is 1. The minimum absolute atomic E-state index is 0.129. The monoisotopic (exact) mass is 537 g/mol. The van der Waals surface area contributed by atoms with Crippen LogP contribution in [-0.4, -0.2) is 63.3 Å². The van der Waals surface area contributed by atoms with Gasteiger partial charge in [0.25, 0.3) is 0 Å². The summed E-state index contributed by atoms with van der Waals surface area (Å²) >= 11 is 0. The largest absolute Gasteiger partial charge is 0.492 e. The lowest BCUT2D eigenvalue weighted by atomic mass is 9.91. The van der Waals surface area contributed by atoms with Gasteiger partial charge in [0, 0.05) is 70.1 Å². The number of hydrogen-bond acceptors (Lipinski definition) is 7. The lowest BCUT2D eigenvalue weighted by molar-refractivity contribution is -0.129. The second kappa shape index (κ2) is 11.0. The number of nitrogens with one attached hydrogen (secondary N) is 1. The topological polar surface area (TPSA) is 88.4 Å². The average molecular weight is 538 g/mol. The zero-order valence-electron chi connectivity index (χ0n) is 23.4. The molecule has 6 rings (SSSR count). The number of hydrogen-bond donors (Lipinski definition) is 1. The van der Waals surface area contributed by atoms with E-state index in [9.17, 15) is 4.79 Å². The number of carbonyl (C=O) groups excluding carboxylic acids is 1. The number of aryl methyl sites for hydroxylation is 3. The molecule has 0 unspecified atom stereocenters. The average Bonchev–Trinajstić information content (AvgIpc) is 3.29. The second-order valence-electron chi connectivity index (χ2n) is 10.4. The predicted molar refractivity (Wildman–Crippen MR) is 156 cm³/mol. The number of amides is 1. The highest BCUT2D eigenvalue weighted by Gasteiger charge is 2.27. The Kier molecular flexibility index (Phi) is 7.11. The smallest absolute Gasteiger partial charge is 0.227 e. The van der Waals surface area contributed by atoms with E-state index in [0.29, 0.717) is 12.6 Å². The third kappa shape index (κ3) is 5.11. The van der Waals surface area contributed by atoms with Gasteiger partial charge in [0.1, 0.15) is 5.75 Å². The Hall–Kier alpha value is -4.40. The maximum absolute atomic E-state index is 11.7. The first-order valence-electron chi connectivity index (χ1n) is 14.0. The van der Waals surface area contributed by atoms with E-state index in [4.69, 9.17) is 14.8 Å². The number of nitrogens with zero attached hydrogens (tertiary/aromatic N) is 6. The summed E-state index contributed by atoms with van der Waals surface area (Å²) in [6.45, 7) is 7.20. The van der Waals surface area contributed by atoms with Gasteiger partial charge >= 0.3 is 0 Å². The van der Waals surface area contributed by atoms with Crippen molar-refractivity contribution in [3.8, 4) is 17.0 Å². The van der Waals surface area contributed by atoms with Gasteiger partial charge in [-0.1, -0.05) is 30.3 Å². The molecule has 206 valence electrons. The molecule has 3 heterocycles. The summed E-state index contributed by atoms with van der Waals surface area (Å²) in [5, 5.41) is 8.28. The molecule has 2 aliphatic rings. The summed E-state index contributed by atoms with van der Waals surface area (Å²) in [7, 11) is 2.02. The third-order valence-corrected chi connectivity index (χ3v) is 7.79. The molecule has 1 N–H and O–H groups in total. The summed E-state index contributed by atoms with van der Waals surface area (Å²) in [6.07, 6.45) is 4.50. The molecule has 1 amide bonds. The summed E-state index contributed by atoms with van der Waals surface area (Å²) in [6, 6.07) is 16.7. The number of fused-ring (bicyclic) bond motifs is 3. The molecule has 2 aromatic carbocycles. The second-order valence-corrected chi connectivity index (χ2v) is 10.4. The summed E-state index contributed by atoms with van der Waals surface area (Å²) in [4.78, 5) is 25.6. The normalized spacial score (nSPS) is 14.5. The van der Waals surface area contributed by atoms with Crippen molar-refractivity contribution in [2.24, 2.45) is 7.05 Å². The number of ether oxygens (including phenoxy) is 1. The van der Waals surface area contributed by atoms with Crippen LogP contribution in [-0.2, 0) is 31.1 Å². The SMILES string of the molecule is CCOc1cc(N2CCN(C(C)=O)CC2)ccc1Nc1ncc2c(n1)-c1c(nn(C)c1Cc1ccccc1)CC2. The number of anilines is 3. The summed E-state index contributed by atoms with van der Waals surface area (Å²) in [5.41, 5.74) is 8.63. The molecule has 0 saturated carbocycles. The molecule has 0 atom stereocenters. The van der Waals surface area contributed by atoms with Gasteiger partial charge in [-0.2, -0.15) is 5.10 Å². The van der Waals surface area contributed by atoms with Gasteiger partial charge in [0.15, 0.2) is 0 Å². The van der Waals surface area contributed by atoms with Crippen LogP contribution < -0.4 is 15.0 Å². The van der Waals surface area contributed by atoms with Gasteiger partial charge in [0.05, 0.1) is 29.4 Å². The van der Waals surface area contributed by atoms with Crippen LogP contribution in [0.3, 0.4) is 0 Å². The highest BCUT2D eigenvalue weighted by atomic mass is 16.5. The van der Waals surface area contributed by atoms with E-state index in [-0.39, 0.29) is 5.91 Å². The standard InChI is InChI=1S/C31H35N7O2/c1-4-40-28-19-24(38-16-14-37(15-17-38)21(2)39)11-13-25(28)33-31-32-20-23-10-12-26-29(30(23)34-31)27(36(3)35-26)18-22-8-6-5-7-9-22/h5-9,11,13,19-20H,4,10,12,14-18H2,1-3H3,(H,32,33,34). The quantitative estimate of drug-likeness (QED) is 0.374. The Labute approximate surface area is 234 Å². The molecule has 1 aliphatic heterocycles. The molecular weight excluding hydrogens is 502 g/mol. The first-order valence-corrected chi connectivity index (χ1v) is 14.0. The number of rotatable bonds is 7. The lowest BCUT2D eigenvalue weighted by Crippen LogP contribution is -2.48. The number of benzene rings is 2. The zero-order chi connectivity index (χ0) is 27.6. The molecule has 1 saturated heterocycles. The first-order chi connectivity index (χ1) is 19.5. The van der Waals surface area contributed by atoms with Crippen molar-refractivity contribution < 1.29 is 9.53 Å². The van der Waals surface area contributed by atoms with Gasteiger partial charge in [-0.15, -0.1) is 0 Å². The Morgan fingerprint density at radius 1 is 1.05 bits per heavy atom.